The van der Waals surface area contributed by atoms with Crippen molar-refractivity contribution in [1.82, 2.24) is 5.32 Å². The summed E-state index contributed by atoms with van der Waals surface area (Å²) >= 11 is 5.76. The van der Waals surface area contributed by atoms with Crippen LogP contribution in [0, 0.1) is 0 Å². The Hall–Kier alpha value is -1.86. The highest BCUT2D eigenvalue weighted by Crippen LogP contribution is 2.22. The molecule has 1 heterocycles. The quantitative estimate of drug-likeness (QED) is 0.627. The van der Waals surface area contributed by atoms with Crippen LogP contribution < -0.4 is 5.32 Å². The van der Waals surface area contributed by atoms with E-state index in [9.17, 15) is 18.0 Å². The minimum absolute atomic E-state index is 0.0490. The fourth-order valence-corrected chi connectivity index (χ4v) is 4.62. The molecular formula is C16H18ClNO5S. The zero-order valence-electron chi connectivity index (χ0n) is 13.1. The molecule has 1 atom stereocenters. The summed E-state index contributed by atoms with van der Waals surface area (Å²) in [5.41, 5.74) is -0.0361. The summed E-state index contributed by atoms with van der Waals surface area (Å²) in [6, 6.07) is 6.85. The van der Waals surface area contributed by atoms with Crippen LogP contribution >= 0.6 is 11.6 Å². The molecule has 0 unspecified atom stereocenters. The Labute approximate surface area is 145 Å². The van der Waals surface area contributed by atoms with E-state index in [4.69, 9.17) is 16.3 Å². The van der Waals surface area contributed by atoms with Crippen molar-refractivity contribution in [1.29, 1.82) is 0 Å². The minimum Gasteiger partial charge on any atom is -0.452 e. The predicted molar refractivity (Wildman–Crippen MR) is 91.3 cm³/mol. The van der Waals surface area contributed by atoms with Crippen molar-refractivity contribution in [2.45, 2.75) is 18.9 Å². The van der Waals surface area contributed by atoms with Gasteiger partial charge in [-0.15, -0.1) is 0 Å². The molecule has 2 rings (SSSR count). The summed E-state index contributed by atoms with van der Waals surface area (Å²) in [6.45, 7) is 1.21. The number of hydrogen-bond acceptors (Lipinski definition) is 5. The lowest BCUT2D eigenvalue weighted by Crippen LogP contribution is -2.48. The van der Waals surface area contributed by atoms with Crippen molar-refractivity contribution in [3.05, 3.63) is 40.9 Å². The third-order valence-corrected chi connectivity index (χ3v) is 5.73. The van der Waals surface area contributed by atoms with Crippen LogP contribution in [-0.2, 0) is 24.2 Å². The molecule has 0 saturated carbocycles. The Kier molecular flexibility index (Phi) is 5.66. The van der Waals surface area contributed by atoms with E-state index in [1.165, 1.54) is 6.08 Å². The maximum atomic E-state index is 11.8. The molecule has 1 amide bonds. The first-order valence-corrected chi connectivity index (χ1v) is 9.49. The second kappa shape index (κ2) is 7.36. The van der Waals surface area contributed by atoms with Crippen molar-refractivity contribution in [3.63, 3.8) is 0 Å². The fourth-order valence-electron chi connectivity index (χ4n) is 2.40. The van der Waals surface area contributed by atoms with E-state index >= 15 is 0 Å². The van der Waals surface area contributed by atoms with Gasteiger partial charge in [-0.25, -0.2) is 13.2 Å². The molecule has 24 heavy (non-hydrogen) atoms. The second-order valence-electron chi connectivity index (χ2n) is 5.94. The van der Waals surface area contributed by atoms with Gasteiger partial charge in [0.25, 0.3) is 5.91 Å². The molecular weight excluding hydrogens is 354 g/mol. The Morgan fingerprint density at radius 3 is 2.58 bits per heavy atom. The Bertz CT molecular complexity index is 757. The van der Waals surface area contributed by atoms with Crippen LogP contribution in [0.4, 0.5) is 0 Å². The van der Waals surface area contributed by atoms with E-state index in [2.05, 4.69) is 5.32 Å². The molecule has 1 fully saturated rings. The molecule has 0 bridgehead atoms. The van der Waals surface area contributed by atoms with Gasteiger partial charge in [0.1, 0.15) is 0 Å². The van der Waals surface area contributed by atoms with Crippen molar-refractivity contribution >= 4 is 39.4 Å². The summed E-state index contributed by atoms with van der Waals surface area (Å²) in [6.07, 6.45) is 3.10. The molecule has 0 aliphatic carbocycles. The van der Waals surface area contributed by atoms with Crippen LogP contribution in [-0.4, -0.2) is 43.9 Å². The Morgan fingerprint density at radius 2 is 2.00 bits per heavy atom. The number of benzene rings is 1. The number of carbonyl (C=O) groups excluding carboxylic acids is 2. The maximum Gasteiger partial charge on any atom is 0.331 e. The zero-order chi connectivity index (χ0) is 17.8. The average molecular weight is 372 g/mol. The first kappa shape index (κ1) is 18.5. The standard InChI is InChI=1S/C16H18ClNO5S/c1-16(8-9-24(21,22)11-16)18-14(19)10-23-15(20)7-4-12-2-5-13(17)6-3-12/h2-7H,8-11H2,1H3,(H,18,19)/b7-4+/t16-/m0/s1. The number of esters is 1. The first-order valence-electron chi connectivity index (χ1n) is 7.29. The van der Waals surface area contributed by atoms with Crippen LogP contribution in [0.15, 0.2) is 30.3 Å². The third kappa shape index (κ3) is 5.65. The topological polar surface area (TPSA) is 89.5 Å². The number of carbonyl (C=O) groups is 2. The molecule has 8 heteroatoms. The molecule has 1 aliphatic heterocycles. The van der Waals surface area contributed by atoms with Crippen molar-refractivity contribution in [2.75, 3.05) is 18.1 Å². The van der Waals surface area contributed by atoms with E-state index in [-0.39, 0.29) is 11.5 Å². The van der Waals surface area contributed by atoms with E-state index in [1.807, 2.05) is 0 Å². The normalized spacial score (nSPS) is 22.4. The molecule has 1 saturated heterocycles. The van der Waals surface area contributed by atoms with Gasteiger partial charge in [0, 0.05) is 11.1 Å². The van der Waals surface area contributed by atoms with Crippen LogP contribution in [0.1, 0.15) is 18.9 Å². The number of ether oxygens (including phenoxy) is 1. The highest BCUT2D eigenvalue weighted by molar-refractivity contribution is 7.91. The van der Waals surface area contributed by atoms with Gasteiger partial charge < -0.3 is 10.1 Å². The SMILES string of the molecule is C[C@]1(NC(=O)COC(=O)/C=C/c2ccc(Cl)cc2)CCS(=O)(=O)C1. The van der Waals surface area contributed by atoms with Gasteiger partial charge in [-0.1, -0.05) is 23.7 Å². The van der Waals surface area contributed by atoms with Gasteiger partial charge in [-0.2, -0.15) is 0 Å². The molecule has 1 aromatic carbocycles. The van der Waals surface area contributed by atoms with E-state index in [0.29, 0.717) is 11.4 Å². The number of rotatable bonds is 5. The summed E-state index contributed by atoms with van der Waals surface area (Å²) in [7, 11) is -3.12. The monoisotopic (exact) mass is 371 g/mol. The van der Waals surface area contributed by atoms with Crippen LogP contribution in [0.2, 0.25) is 5.02 Å². The number of hydrogen-bond donors (Lipinski definition) is 1. The van der Waals surface area contributed by atoms with Crippen molar-refractivity contribution in [2.24, 2.45) is 0 Å². The largest absolute Gasteiger partial charge is 0.452 e. The molecule has 0 radical (unpaired) electrons. The van der Waals surface area contributed by atoms with E-state index in [1.54, 1.807) is 37.3 Å². The number of nitrogens with one attached hydrogen (secondary N) is 1. The fraction of sp³-hybridized carbons (Fsp3) is 0.375. The predicted octanol–water partition coefficient (Wildman–Crippen LogP) is 1.59. The molecule has 6 nitrogen and oxygen atoms in total. The van der Waals surface area contributed by atoms with Crippen LogP contribution in [0.3, 0.4) is 0 Å². The van der Waals surface area contributed by atoms with Crippen LogP contribution in [0.5, 0.6) is 0 Å². The smallest absolute Gasteiger partial charge is 0.331 e. The van der Waals surface area contributed by atoms with Gasteiger partial charge in [0.05, 0.1) is 17.0 Å². The maximum absolute atomic E-state index is 11.8. The Morgan fingerprint density at radius 1 is 1.33 bits per heavy atom. The van der Waals surface area contributed by atoms with Gasteiger partial charge >= 0.3 is 5.97 Å². The van der Waals surface area contributed by atoms with Gasteiger partial charge in [-0.05, 0) is 37.1 Å². The lowest BCUT2D eigenvalue weighted by molar-refractivity contribution is -0.144. The minimum atomic E-state index is -3.12. The molecule has 0 aromatic heterocycles. The zero-order valence-corrected chi connectivity index (χ0v) is 14.7. The average Bonchev–Trinajstić information content (AvgIpc) is 2.78. The number of amides is 1. The number of halogens is 1. The van der Waals surface area contributed by atoms with Gasteiger partial charge in [-0.3, -0.25) is 4.79 Å². The molecule has 1 N–H and O–H groups in total. The lowest BCUT2D eigenvalue weighted by atomic mass is 10.0. The molecule has 130 valence electrons. The Balaban J connectivity index is 1.79. The first-order chi connectivity index (χ1) is 11.2. The highest BCUT2D eigenvalue weighted by Gasteiger charge is 2.39. The summed E-state index contributed by atoms with van der Waals surface area (Å²) in [4.78, 5) is 23.4. The second-order valence-corrected chi connectivity index (χ2v) is 8.56. The van der Waals surface area contributed by atoms with Crippen molar-refractivity contribution < 1.29 is 22.7 Å². The van der Waals surface area contributed by atoms with Crippen LogP contribution in [0.25, 0.3) is 6.08 Å². The van der Waals surface area contributed by atoms with Gasteiger partial charge in [0.15, 0.2) is 16.4 Å². The highest BCUT2D eigenvalue weighted by atomic mass is 35.5. The number of sulfone groups is 1. The third-order valence-electron chi connectivity index (χ3n) is 3.57. The summed E-state index contributed by atoms with van der Waals surface area (Å²) < 4.78 is 27.8. The molecule has 1 aromatic rings. The summed E-state index contributed by atoms with van der Waals surface area (Å²) in [5, 5.41) is 3.20. The lowest BCUT2D eigenvalue weighted by Gasteiger charge is -2.23. The van der Waals surface area contributed by atoms with Crippen molar-refractivity contribution in [3.8, 4) is 0 Å². The molecule has 0 spiro atoms. The van der Waals surface area contributed by atoms with Gasteiger partial charge in [0.2, 0.25) is 0 Å². The van der Waals surface area contributed by atoms with E-state index < -0.39 is 33.9 Å². The van der Waals surface area contributed by atoms with E-state index in [0.717, 1.165) is 5.56 Å². The summed E-state index contributed by atoms with van der Waals surface area (Å²) in [5.74, 6) is -1.24. The molecule has 1 aliphatic rings.